The molecule has 0 aliphatic carbocycles. The van der Waals surface area contributed by atoms with Crippen molar-refractivity contribution in [1.29, 1.82) is 0 Å². The van der Waals surface area contributed by atoms with E-state index in [1.54, 1.807) is 12.1 Å². The van der Waals surface area contributed by atoms with Crippen LogP contribution < -0.4 is 0 Å². The fourth-order valence-corrected chi connectivity index (χ4v) is 4.31. The number of sulfonamides is 1. The van der Waals surface area contributed by atoms with Crippen LogP contribution in [0.3, 0.4) is 0 Å². The molecule has 1 atom stereocenters. The van der Waals surface area contributed by atoms with Crippen LogP contribution in [0.2, 0.25) is 0 Å². The van der Waals surface area contributed by atoms with Crippen molar-refractivity contribution < 1.29 is 13.2 Å². The molecule has 24 heavy (non-hydrogen) atoms. The second-order valence-electron chi connectivity index (χ2n) is 6.36. The lowest BCUT2D eigenvalue weighted by atomic mass is 10.0. The Kier molecular flexibility index (Phi) is 5.04. The third-order valence-electron chi connectivity index (χ3n) is 4.39. The molecule has 4 nitrogen and oxygen atoms in total. The first kappa shape index (κ1) is 17.1. The predicted octanol–water partition coefficient (Wildman–Crippen LogP) is 3.57. The average Bonchev–Trinajstić information content (AvgIpc) is 2.62. The largest absolute Gasteiger partial charge is 0.371 e. The Morgan fingerprint density at radius 1 is 1.04 bits per heavy atom. The van der Waals surface area contributed by atoms with Crippen LogP contribution in [0.5, 0.6) is 0 Å². The van der Waals surface area contributed by atoms with E-state index in [9.17, 15) is 8.42 Å². The minimum Gasteiger partial charge on any atom is -0.371 e. The van der Waals surface area contributed by atoms with Gasteiger partial charge in [0.1, 0.15) is 0 Å². The summed E-state index contributed by atoms with van der Waals surface area (Å²) in [5, 5.41) is 0. The Morgan fingerprint density at radius 2 is 1.71 bits per heavy atom. The molecule has 1 heterocycles. The molecule has 1 unspecified atom stereocenters. The van der Waals surface area contributed by atoms with Gasteiger partial charge in [-0.1, -0.05) is 56.3 Å². The molecular weight excluding hydrogens is 322 g/mol. The molecule has 2 aromatic carbocycles. The highest BCUT2D eigenvalue weighted by Gasteiger charge is 2.31. The number of ether oxygens (including phenoxy) is 1. The van der Waals surface area contributed by atoms with Crippen LogP contribution in [0.25, 0.3) is 0 Å². The summed E-state index contributed by atoms with van der Waals surface area (Å²) in [6.45, 7) is 5.32. The summed E-state index contributed by atoms with van der Waals surface area (Å²) in [6.07, 6.45) is -0.218. The number of nitrogens with zero attached hydrogens (tertiary/aromatic N) is 1. The van der Waals surface area contributed by atoms with Crippen LogP contribution >= 0.6 is 0 Å². The lowest BCUT2D eigenvalue weighted by Gasteiger charge is -2.32. The maximum absolute atomic E-state index is 12.9. The highest BCUT2D eigenvalue weighted by molar-refractivity contribution is 7.89. The van der Waals surface area contributed by atoms with E-state index >= 15 is 0 Å². The molecule has 2 aromatic rings. The van der Waals surface area contributed by atoms with Crippen LogP contribution in [-0.4, -0.2) is 32.4 Å². The maximum Gasteiger partial charge on any atom is 0.243 e. The molecule has 1 aliphatic rings. The normalized spacial score (nSPS) is 19.5. The fourth-order valence-electron chi connectivity index (χ4n) is 2.89. The molecule has 3 rings (SSSR count). The summed E-state index contributed by atoms with van der Waals surface area (Å²) in [4.78, 5) is 0.348. The predicted molar refractivity (Wildman–Crippen MR) is 94.4 cm³/mol. The van der Waals surface area contributed by atoms with E-state index in [2.05, 4.69) is 13.8 Å². The van der Waals surface area contributed by atoms with Crippen LogP contribution in [0.15, 0.2) is 59.5 Å². The fraction of sp³-hybridized carbons (Fsp3) is 0.368. The van der Waals surface area contributed by atoms with Crippen LogP contribution in [0.4, 0.5) is 0 Å². The molecule has 0 radical (unpaired) electrons. The quantitative estimate of drug-likeness (QED) is 0.851. The summed E-state index contributed by atoms with van der Waals surface area (Å²) in [7, 11) is -3.49. The zero-order chi connectivity index (χ0) is 17.2. The molecule has 0 spiro atoms. The summed E-state index contributed by atoms with van der Waals surface area (Å²) in [5.41, 5.74) is 2.14. The Labute approximate surface area is 144 Å². The van der Waals surface area contributed by atoms with E-state index in [-0.39, 0.29) is 6.10 Å². The smallest absolute Gasteiger partial charge is 0.243 e. The minimum atomic E-state index is -3.49. The van der Waals surface area contributed by atoms with Gasteiger partial charge in [0.15, 0.2) is 0 Å². The van der Waals surface area contributed by atoms with Crippen LogP contribution in [-0.2, 0) is 14.8 Å². The van der Waals surface area contributed by atoms with E-state index in [4.69, 9.17) is 4.74 Å². The van der Waals surface area contributed by atoms with Crippen LogP contribution in [0, 0.1) is 0 Å². The minimum absolute atomic E-state index is 0.218. The van der Waals surface area contributed by atoms with Crippen molar-refractivity contribution in [2.45, 2.75) is 30.8 Å². The van der Waals surface area contributed by atoms with Crippen molar-refractivity contribution in [3.63, 3.8) is 0 Å². The first-order valence-corrected chi connectivity index (χ1v) is 9.69. The van der Waals surface area contributed by atoms with Crippen molar-refractivity contribution in [1.82, 2.24) is 4.31 Å². The van der Waals surface area contributed by atoms with Gasteiger partial charge in [-0.15, -0.1) is 0 Å². The third kappa shape index (κ3) is 3.53. The lowest BCUT2D eigenvalue weighted by Crippen LogP contribution is -2.42. The van der Waals surface area contributed by atoms with Gasteiger partial charge in [-0.25, -0.2) is 8.42 Å². The monoisotopic (exact) mass is 345 g/mol. The van der Waals surface area contributed by atoms with Gasteiger partial charge in [0.2, 0.25) is 10.0 Å². The molecule has 5 heteroatoms. The first-order chi connectivity index (χ1) is 11.5. The maximum atomic E-state index is 12.9. The topological polar surface area (TPSA) is 46.6 Å². The van der Waals surface area contributed by atoms with Crippen molar-refractivity contribution in [2.75, 3.05) is 19.7 Å². The van der Waals surface area contributed by atoms with E-state index in [0.29, 0.717) is 30.5 Å². The van der Waals surface area contributed by atoms with Gasteiger partial charge >= 0.3 is 0 Å². The molecule has 1 aliphatic heterocycles. The van der Waals surface area contributed by atoms with Gasteiger partial charge in [-0.3, -0.25) is 0 Å². The van der Waals surface area contributed by atoms with Crippen molar-refractivity contribution in [2.24, 2.45) is 0 Å². The Morgan fingerprint density at radius 3 is 2.33 bits per heavy atom. The first-order valence-electron chi connectivity index (χ1n) is 8.25. The molecule has 0 saturated carbocycles. The molecular formula is C19H23NO3S. The molecule has 0 aromatic heterocycles. The van der Waals surface area contributed by atoms with Crippen molar-refractivity contribution >= 4 is 10.0 Å². The molecule has 1 fully saturated rings. The number of morpholine rings is 1. The second-order valence-corrected chi connectivity index (χ2v) is 8.29. The Bertz CT molecular complexity index is 770. The average molecular weight is 345 g/mol. The molecule has 0 N–H and O–H groups in total. The third-order valence-corrected chi connectivity index (χ3v) is 6.26. The van der Waals surface area contributed by atoms with Crippen molar-refractivity contribution in [3.05, 3.63) is 65.7 Å². The second kappa shape index (κ2) is 7.05. The number of rotatable bonds is 4. The number of hydrogen-bond acceptors (Lipinski definition) is 3. The number of hydrogen-bond donors (Lipinski definition) is 0. The molecule has 0 bridgehead atoms. The number of benzene rings is 2. The van der Waals surface area contributed by atoms with E-state index in [0.717, 1.165) is 11.1 Å². The van der Waals surface area contributed by atoms with E-state index in [1.807, 2.05) is 42.5 Å². The summed E-state index contributed by atoms with van der Waals surface area (Å²) >= 11 is 0. The summed E-state index contributed by atoms with van der Waals surface area (Å²) in [5.74, 6) is 0.382. The highest BCUT2D eigenvalue weighted by atomic mass is 32.2. The molecule has 128 valence electrons. The summed E-state index contributed by atoms with van der Waals surface area (Å²) < 4.78 is 33.1. The zero-order valence-electron chi connectivity index (χ0n) is 14.1. The van der Waals surface area contributed by atoms with Gasteiger partial charge in [0.25, 0.3) is 0 Å². The summed E-state index contributed by atoms with van der Waals surface area (Å²) in [6, 6.07) is 17.0. The van der Waals surface area contributed by atoms with E-state index in [1.165, 1.54) is 4.31 Å². The zero-order valence-corrected chi connectivity index (χ0v) is 14.9. The van der Waals surface area contributed by atoms with Crippen LogP contribution in [0.1, 0.15) is 37.0 Å². The van der Waals surface area contributed by atoms with Gasteiger partial charge in [-0.2, -0.15) is 4.31 Å². The van der Waals surface area contributed by atoms with Crippen molar-refractivity contribution in [3.8, 4) is 0 Å². The standard InChI is InChI=1S/C19H23NO3S/c1-15(2)16-8-10-18(11-9-16)24(21,22)20-12-13-23-19(14-20)17-6-4-3-5-7-17/h3-11,15,19H,12-14H2,1-2H3. The highest BCUT2D eigenvalue weighted by Crippen LogP contribution is 2.27. The SMILES string of the molecule is CC(C)c1ccc(S(=O)(=O)N2CCOC(c3ccccc3)C2)cc1. The van der Waals surface area contributed by atoms with Gasteiger partial charge < -0.3 is 4.74 Å². The molecule has 1 saturated heterocycles. The Hall–Kier alpha value is -1.69. The van der Waals surface area contributed by atoms with Gasteiger partial charge in [0, 0.05) is 13.1 Å². The Balaban J connectivity index is 1.81. The van der Waals surface area contributed by atoms with E-state index < -0.39 is 10.0 Å². The molecule has 0 amide bonds. The van der Waals surface area contributed by atoms with Gasteiger partial charge in [0.05, 0.1) is 17.6 Å². The van der Waals surface area contributed by atoms with Gasteiger partial charge in [-0.05, 0) is 29.2 Å². The lowest BCUT2D eigenvalue weighted by molar-refractivity contribution is -0.00255.